The molecular formula is C17H16Cl2O6. The molecule has 6 nitrogen and oxygen atoms in total. The molecule has 0 atom stereocenters. The number of hydrogen-bond acceptors (Lipinski definition) is 5. The summed E-state index contributed by atoms with van der Waals surface area (Å²) in [5.41, 5.74) is 0.313. The van der Waals surface area contributed by atoms with E-state index in [1.807, 2.05) is 0 Å². The summed E-state index contributed by atoms with van der Waals surface area (Å²) in [6.45, 7) is 3.52. The molecule has 2 aromatic rings. The van der Waals surface area contributed by atoms with Crippen molar-refractivity contribution in [3.05, 3.63) is 57.6 Å². The van der Waals surface area contributed by atoms with Crippen molar-refractivity contribution < 1.29 is 29.6 Å². The normalized spacial score (nSPS) is 9.96. The van der Waals surface area contributed by atoms with Crippen LogP contribution in [0.5, 0.6) is 11.5 Å². The molecule has 0 amide bonds. The molecule has 3 N–H and O–H groups in total. The van der Waals surface area contributed by atoms with Crippen LogP contribution < -0.4 is 0 Å². The van der Waals surface area contributed by atoms with Crippen molar-refractivity contribution in [1.29, 1.82) is 0 Å². The molecule has 2 rings (SSSR count). The number of ether oxygens (including phenoxy) is 1. The van der Waals surface area contributed by atoms with Crippen LogP contribution in [-0.4, -0.2) is 33.4 Å². The zero-order chi connectivity index (χ0) is 19.1. The number of esters is 1. The third kappa shape index (κ3) is 6.52. The Hall–Kier alpha value is -2.44. The zero-order valence-corrected chi connectivity index (χ0v) is 14.9. The Balaban J connectivity index is 0.000000257. The van der Waals surface area contributed by atoms with Gasteiger partial charge >= 0.3 is 11.9 Å². The van der Waals surface area contributed by atoms with E-state index in [-0.39, 0.29) is 33.2 Å². The van der Waals surface area contributed by atoms with Gasteiger partial charge in [0.15, 0.2) is 0 Å². The summed E-state index contributed by atoms with van der Waals surface area (Å²) < 4.78 is 4.94. The molecule has 0 aliphatic carbocycles. The maximum absolute atomic E-state index is 11.3. The lowest BCUT2D eigenvalue weighted by molar-refractivity contribution is 0.0377. The number of rotatable bonds is 3. The van der Waals surface area contributed by atoms with Crippen LogP contribution in [0.15, 0.2) is 36.4 Å². The molecule has 0 saturated carbocycles. The quantitative estimate of drug-likeness (QED) is 0.677. The van der Waals surface area contributed by atoms with Crippen molar-refractivity contribution in [2.75, 3.05) is 0 Å². The van der Waals surface area contributed by atoms with Crippen LogP contribution in [0.3, 0.4) is 0 Å². The van der Waals surface area contributed by atoms with Crippen molar-refractivity contribution in [3.8, 4) is 11.5 Å². The number of halogens is 2. The molecule has 0 spiro atoms. The number of benzene rings is 2. The van der Waals surface area contributed by atoms with E-state index in [2.05, 4.69) is 0 Å². The lowest BCUT2D eigenvalue weighted by Crippen LogP contribution is -2.11. The number of phenolic OH excluding ortho intramolecular Hbond substituents is 2. The SMILES string of the molecule is CC(C)OC(=O)c1ccc(Cl)c(O)c1.O=C(O)c1ccc(Cl)c(O)c1. The Bertz CT molecular complexity index is 774. The fourth-order valence-electron chi connectivity index (χ4n) is 1.57. The molecule has 134 valence electrons. The van der Waals surface area contributed by atoms with Crippen LogP contribution in [0.4, 0.5) is 0 Å². The van der Waals surface area contributed by atoms with Crippen LogP contribution in [0.2, 0.25) is 10.0 Å². The fourth-order valence-corrected chi connectivity index (χ4v) is 1.80. The lowest BCUT2D eigenvalue weighted by Gasteiger charge is -2.08. The average molecular weight is 387 g/mol. The molecule has 0 aliphatic heterocycles. The highest BCUT2D eigenvalue weighted by Gasteiger charge is 2.10. The second-order valence-electron chi connectivity index (χ2n) is 5.09. The summed E-state index contributed by atoms with van der Waals surface area (Å²) in [4.78, 5) is 21.7. The molecule has 0 aliphatic rings. The highest BCUT2D eigenvalue weighted by atomic mass is 35.5. The predicted molar refractivity (Wildman–Crippen MR) is 93.7 cm³/mol. The van der Waals surface area contributed by atoms with Crippen LogP contribution >= 0.6 is 23.2 Å². The molecule has 2 aromatic carbocycles. The van der Waals surface area contributed by atoms with Gasteiger partial charge in [-0.3, -0.25) is 0 Å². The Labute approximate surface area is 154 Å². The van der Waals surface area contributed by atoms with Crippen molar-refractivity contribution in [1.82, 2.24) is 0 Å². The third-order valence-corrected chi connectivity index (χ3v) is 3.36. The minimum Gasteiger partial charge on any atom is -0.506 e. The second kappa shape index (κ2) is 9.15. The second-order valence-corrected chi connectivity index (χ2v) is 5.91. The molecule has 25 heavy (non-hydrogen) atoms. The first kappa shape index (κ1) is 20.6. The van der Waals surface area contributed by atoms with Gasteiger partial charge in [0.25, 0.3) is 0 Å². The van der Waals surface area contributed by atoms with Gasteiger partial charge in [0, 0.05) is 0 Å². The summed E-state index contributed by atoms with van der Waals surface area (Å²) >= 11 is 11.0. The smallest absolute Gasteiger partial charge is 0.338 e. The number of aromatic carboxylic acids is 1. The molecule has 0 bridgehead atoms. The lowest BCUT2D eigenvalue weighted by atomic mass is 10.2. The Morgan fingerprint density at radius 1 is 0.920 bits per heavy atom. The van der Waals surface area contributed by atoms with E-state index in [1.54, 1.807) is 13.8 Å². The number of aromatic hydroxyl groups is 2. The summed E-state index contributed by atoms with van der Waals surface area (Å²) in [6.07, 6.45) is -0.180. The van der Waals surface area contributed by atoms with Crippen molar-refractivity contribution in [2.45, 2.75) is 20.0 Å². The predicted octanol–water partition coefficient (Wildman–Crippen LogP) is 4.35. The molecule has 0 aromatic heterocycles. The van der Waals surface area contributed by atoms with Gasteiger partial charge in [0.2, 0.25) is 0 Å². The average Bonchev–Trinajstić information content (AvgIpc) is 2.52. The van der Waals surface area contributed by atoms with Crippen LogP contribution in [0, 0.1) is 0 Å². The summed E-state index contributed by atoms with van der Waals surface area (Å²) in [5, 5.41) is 27.0. The number of carbonyl (C=O) groups is 2. The Kier molecular flexibility index (Phi) is 7.54. The highest BCUT2D eigenvalue weighted by molar-refractivity contribution is 6.32. The molecule has 0 radical (unpaired) electrons. The van der Waals surface area contributed by atoms with Gasteiger partial charge < -0.3 is 20.1 Å². The van der Waals surface area contributed by atoms with Gasteiger partial charge in [-0.05, 0) is 50.2 Å². The molecule has 8 heteroatoms. The van der Waals surface area contributed by atoms with Gasteiger partial charge in [-0.1, -0.05) is 23.2 Å². The van der Waals surface area contributed by atoms with Gasteiger partial charge in [-0.15, -0.1) is 0 Å². The number of carboxylic acids is 1. The van der Waals surface area contributed by atoms with Crippen LogP contribution in [0.1, 0.15) is 34.6 Å². The standard InChI is InChI=1S/C10H11ClO3.C7H5ClO3/c1-6(2)14-10(13)7-3-4-8(11)9(12)5-7;8-5-2-1-4(7(10)11)3-6(5)9/h3-6,12H,1-2H3;1-3,9H,(H,10,11). The Morgan fingerprint density at radius 3 is 1.76 bits per heavy atom. The van der Waals surface area contributed by atoms with Gasteiger partial charge in [0.05, 0.1) is 27.3 Å². The number of carbonyl (C=O) groups excluding carboxylic acids is 1. The zero-order valence-electron chi connectivity index (χ0n) is 13.4. The summed E-state index contributed by atoms with van der Waals surface area (Å²) in [5.74, 6) is -1.89. The first-order chi connectivity index (χ1) is 11.6. The number of hydrogen-bond donors (Lipinski definition) is 3. The van der Waals surface area contributed by atoms with Crippen molar-refractivity contribution >= 4 is 35.1 Å². The first-order valence-electron chi connectivity index (χ1n) is 7.03. The minimum absolute atomic E-state index is 0.0203. The van der Waals surface area contributed by atoms with Gasteiger partial charge in [0.1, 0.15) is 11.5 Å². The van der Waals surface area contributed by atoms with Gasteiger partial charge in [-0.25, -0.2) is 9.59 Å². The van der Waals surface area contributed by atoms with Crippen molar-refractivity contribution in [3.63, 3.8) is 0 Å². The summed E-state index contributed by atoms with van der Waals surface area (Å²) in [6, 6.07) is 8.00. The Morgan fingerprint density at radius 2 is 1.36 bits per heavy atom. The van der Waals surface area contributed by atoms with E-state index >= 15 is 0 Å². The third-order valence-electron chi connectivity index (χ3n) is 2.72. The van der Waals surface area contributed by atoms with Crippen LogP contribution in [0.25, 0.3) is 0 Å². The van der Waals surface area contributed by atoms with E-state index < -0.39 is 11.9 Å². The topological polar surface area (TPSA) is 104 Å². The van der Waals surface area contributed by atoms with Crippen molar-refractivity contribution in [2.24, 2.45) is 0 Å². The number of phenols is 2. The monoisotopic (exact) mass is 386 g/mol. The van der Waals surface area contributed by atoms with E-state index in [4.69, 9.17) is 38.2 Å². The molecule has 0 unspecified atom stereocenters. The largest absolute Gasteiger partial charge is 0.506 e. The molecule has 0 fully saturated rings. The minimum atomic E-state index is -1.09. The highest BCUT2D eigenvalue weighted by Crippen LogP contribution is 2.24. The summed E-state index contributed by atoms with van der Waals surface area (Å²) in [7, 11) is 0. The molecular weight excluding hydrogens is 371 g/mol. The van der Waals surface area contributed by atoms with E-state index in [0.717, 1.165) is 6.07 Å². The maximum atomic E-state index is 11.3. The maximum Gasteiger partial charge on any atom is 0.338 e. The molecule has 0 heterocycles. The van der Waals surface area contributed by atoms with E-state index in [0.29, 0.717) is 5.56 Å². The first-order valence-corrected chi connectivity index (χ1v) is 7.78. The van der Waals surface area contributed by atoms with Gasteiger partial charge in [-0.2, -0.15) is 0 Å². The fraction of sp³-hybridized carbons (Fsp3) is 0.176. The molecule has 0 saturated heterocycles. The van der Waals surface area contributed by atoms with E-state index in [1.165, 1.54) is 30.3 Å². The number of carboxylic acid groups (broad SMARTS) is 1. The van der Waals surface area contributed by atoms with Crippen LogP contribution in [-0.2, 0) is 4.74 Å². The van der Waals surface area contributed by atoms with E-state index in [9.17, 15) is 14.7 Å².